The number of aromatic carboxylic acids is 1. The van der Waals surface area contributed by atoms with Crippen LogP contribution >= 0.6 is 11.3 Å². The van der Waals surface area contributed by atoms with E-state index in [1.54, 1.807) is 17.6 Å². The van der Waals surface area contributed by atoms with Gasteiger partial charge in [0.25, 0.3) is 0 Å². The highest BCUT2D eigenvalue weighted by Gasteiger charge is 2.10. The van der Waals surface area contributed by atoms with Gasteiger partial charge in [-0.2, -0.15) is 5.10 Å². The molecule has 2 rings (SSSR count). The van der Waals surface area contributed by atoms with E-state index >= 15 is 0 Å². The lowest BCUT2D eigenvalue weighted by molar-refractivity contribution is 0.0697. The zero-order valence-corrected chi connectivity index (χ0v) is 8.99. The van der Waals surface area contributed by atoms with Gasteiger partial charge in [0.15, 0.2) is 0 Å². The Bertz CT molecular complexity index is 487. The van der Waals surface area contributed by atoms with Gasteiger partial charge in [-0.05, 0) is 19.1 Å². The number of hydrogen-bond donors (Lipinski definition) is 1. The predicted molar refractivity (Wildman–Crippen MR) is 58.2 cm³/mol. The van der Waals surface area contributed by atoms with E-state index in [-0.39, 0.29) is 0 Å². The van der Waals surface area contributed by atoms with Crippen LogP contribution in [0.15, 0.2) is 23.7 Å². The van der Waals surface area contributed by atoms with E-state index in [4.69, 9.17) is 5.11 Å². The van der Waals surface area contributed by atoms with Crippen LogP contribution in [0.25, 0.3) is 10.6 Å². The summed E-state index contributed by atoms with van der Waals surface area (Å²) in [5, 5.41) is 14.6. The smallest absolute Gasteiger partial charge is 0.336 e. The summed E-state index contributed by atoms with van der Waals surface area (Å²) in [6.45, 7) is 2.78. The molecular formula is C10H10N2O2S. The van der Waals surface area contributed by atoms with Gasteiger partial charge in [0.2, 0.25) is 0 Å². The molecule has 0 aliphatic heterocycles. The van der Waals surface area contributed by atoms with E-state index in [1.165, 1.54) is 11.3 Å². The molecule has 0 spiro atoms. The molecule has 0 amide bonds. The van der Waals surface area contributed by atoms with Gasteiger partial charge < -0.3 is 5.11 Å². The number of carbonyl (C=O) groups is 1. The number of aromatic nitrogens is 2. The molecule has 0 aliphatic rings. The summed E-state index contributed by atoms with van der Waals surface area (Å²) in [4.78, 5) is 11.7. The second-order valence-corrected chi connectivity index (χ2v) is 3.95. The molecule has 78 valence electrons. The SMILES string of the molecule is CCn1nccc1-c1cc(C(=O)O)cs1. The van der Waals surface area contributed by atoms with Gasteiger partial charge >= 0.3 is 5.97 Å². The minimum Gasteiger partial charge on any atom is -0.478 e. The van der Waals surface area contributed by atoms with Gasteiger partial charge in [0.05, 0.1) is 16.1 Å². The lowest BCUT2D eigenvalue weighted by Crippen LogP contribution is -1.97. The zero-order valence-electron chi connectivity index (χ0n) is 8.17. The fraction of sp³-hybridized carbons (Fsp3) is 0.200. The lowest BCUT2D eigenvalue weighted by atomic mass is 10.3. The van der Waals surface area contributed by atoms with Gasteiger partial charge in [-0.3, -0.25) is 4.68 Å². The van der Waals surface area contributed by atoms with E-state index in [0.29, 0.717) is 5.56 Å². The first-order valence-corrected chi connectivity index (χ1v) is 5.44. The van der Waals surface area contributed by atoms with Crippen molar-refractivity contribution in [1.29, 1.82) is 0 Å². The summed E-state index contributed by atoms with van der Waals surface area (Å²) in [5.74, 6) is -0.889. The van der Waals surface area contributed by atoms with Gasteiger partial charge in [0.1, 0.15) is 0 Å². The topological polar surface area (TPSA) is 55.1 Å². The molecule has 1 N–H and O–H groups in total. The Hall–Kier alpha value is -1.62. The normalized spacial score (nSPS) is 10.5. The van der Waals surface area contributed by atoms with Crippen LogP contribution < -0.4 is 0 Å². The van der Waals surface area contributed by atoms with Crippen molar-refractivity contribution in [1.82, 2.24) is 9.78 Å². The van der Waals surface area contributed by atoms with Gasteiger partial charge in [-0.25, -0.2) is 4.79 Å². The second-order valence-electron chi connectivity index (χ2n) is 3.04. The summed E-state index contributed by atoms with van der Waals surface area (Å²) in [5.41, 5.74) is 1.30. The maximum absolute atomic E-state index is 10.7. The highest BCUT2D eigenvalue weighted by molar-refractivity contribution is 7.13. The Kier molecular flexibility index (Phi) is 2.55. The van der Waals surface area contributed by atoms with Crippen molar-refractivity contribution in [3.05, 3.63) is 29.3 Å². The summed E-state index contributed by atoms with van der Waals surface area (Å²) < 4.78 is 1.84. The molecule has 0 radical (unpaired) electrons. The molecule has 0 bridgehead atoms. The molecule has 0 fully saturated rings. The van der Waals surface area contributed by atoms with E-state index in [9.17, 15) is 4.79 Å². The van der Waals surface area contributed by atoms with Crippen LogP contribution in [0.3, 0.4) is 0 Å². The molecule has 0 saturated heterocycles. The minimum absolute atomic E-state index is 0.332. The molecule has 15 heavy (non-hydrogen) atoms. The first kappa shape index (κ1) is 9.92. The second kappa shape index (κ2) is 3.86. The van der Waals surface area contributed by atoms with Crippen LogP contribution in [0.5, 0.6) is 0 Å². The Labute approximate surface area is 90.8 Å². The molecule has 0 unspecified atom stereocenters. The van der Waals surface area contributed by atoms with E-state index in [2.05, 4.69) is 5.10 Å². The summed E-state index contributed by atoms with van der Waals surface area (Å²) in [7, 11) is 0. The van der Waals surface area contributed by atoms with E-state index in [0.717, 1.165) is 17.1 Å². The van der Waals surface area contributed by atoms with Crippen LogP contribution in [0.4, 0.5) is 0 Å². The van der Waals surface area contributed by atoms with Gasteiger partial charge in [0, 0.05) is 18.1 Å². The number of carboxylic acid groups (broad SMARTS) is 1. The van der Waals surface area contributed by atoms with Crippen molar-refractivity contribution in [3.8, 4) is 10.6 Å². The van der Waals surface area contributed by atoms with Crippen molar-refractivity contribution >= 4 is 17.3 Å². The number of nitrogens with zero attached hydrogens (tertiary/aromatic N) is 2. The average Bonchev–Trinajstić information content (AvgIpc) is 2.85. The minimum atomic E-state index is -0.889. The quantitative estimate of drug-likeness (QED) is 0.867. The molecule has 0 aromatic carbocycles. The molecule has 2 aromatic heterocycles. The van der Waals surface area contributed by atoms with Crippen LogP contribution in [-0.2, 0) is 6.54 Å². The largest absolute Gasteiger partial charge is 0.478 e. The molecule has 0 aliphatic carbocycles. The number of thiophene rings is 1. The lowest BCUT2D eigenvalue weighted by Gasteiger charge is -2.00. The molecule has 0 atom stereocenters. The van der Waals surface area contributed by atoms with Crippen molar-refractivity contribution in [2.24, 2.45) is 0 Å². The first-order valence-electron chi connectivity index (χ1n) is 4.56. The summed E-state index contributed by atoms with van der Waals surface area (Å²) in [6.07, 6.45) is 1.72. The van der Waals surface area contributed by atoms with Crippen LogP contribution in [0.2, 0.25) is 0 Å². The van der Waals surface area contributed by atoms with Crippen LogP contribution in [0, 0.1) is 0 Å². The summed E-state index contributed by atoms with van der Waals surface area (Å²) >= 11 is 1.42. The average molecular weight is 222 g/mol. The van der Waals surface area contributed by atoms with Crippen LogP contribution in [0.1, 0.15) is 17.3 Å². The van der Waals surface area contributed by atoms with Crippen LogP contribution in [-0.4, -0.2) is 20.9 Å². The van der Waals surface area contributed by atoms with E-state index in [1.807, 2.05) is 17.7 Å². The van der Waals surface area contributed by atoms with Crippen molar-refractivity contribution < 1.29 is 9.90 Å². The number of aryl methyl sites for hydroxylation is 1. The van der Waals surface area contributed by atoms with E-state index < -0.39 is 5.97 Å². The molecule has 4 nitrogen and oxygen atoms in total. The third kappa shape index (κ3) is 1.78. The standard InChI is InChI=1S/C10H10N2O2S/c1-2-12-8(3-4-11-12)9-5-7(6-15-9)10(13)14/h3-6H,2H2,1H3,(H,13,14). The molecule has 5 heteroatoms. The fourth-order valence-electron chi connectivity index (χ4n) is 1.38. The zero-order chi connectivity index (χ0) is 10.8. The third-order valence-corrected chi connectivity index (χ3v) is 3.07. The Morgan fingerprint density at radius 1 is 1.67 bits per heavy atom. The third-order valence-electron chi connectivity index (χ3n) is 2.11. The maximum atomic E-state index is 10.7. The Morgan fingerprint density at radius 3 is 3.07 bits per heavy atom. The highest BCUT2D eigenvalue weighted by atomic mass is 32.1. The molecule has 2 heterocycles. The van der Waals surface area contributed by atoms with Crippen molar-refractivity contribution in [2.75, 3.05) is 0 Å². The molecule has 0 saturated carbocycles. The molecular weight excluding hydrogens is 212 g/mol. The predicted octanol–water partition coefficient (Wildman–Crippen LogP) is 2.33. The highest BCUT2D eigenvalue weighted by Crippen LogP contribution is 2.26. The van der Waals surface area contributed by atoms with Crippen molar-refractivity contribution in [2.45, 2.75) is 13.5 Å². The number of rotatable bonds is 3. The summed E-state index contributed by atoms with van der Waals surface area (Å²) in [6, 6.07) is 3.57. The monoisotopic (exact) mass is 222 g/mol. The number of hydrogen-bond acceptors (Lipinski definition) is 3. The molecule has 2 aromatic rings. The van der Waals surface area contributed by atoms with Gasteiger partial charge in [-0.15, -0.1) is 11.3 Å². The fourth-order valence-corrected chi connectivity index (χ4v) is 2.29. The maximum Gasteiger partial charge on any atom is 0.336 e. The number of carboxylic acids is 1. The Morgan fingerprint density at radius 2 is 2.47 bits per heavy atom. The van der Waals surface area contributed by atoms with Crippen molar-refractivity contribution in [3.63, 3.8) is 0 Å². The Balaban J connectivity index is 2.41. The first-order chi connectivity index (χ1) is 7.22. The van der Waals surface area contributed by atoms with Gasteiger partial charge in [-0.1, -0.05) is 0 Å².